The number of hydrogen-bond acceptors (Lipinski definition) is 3. The zero-order chi connectivity index (χ0) is 19.0. The van der Waals surface area contributed by atoms with Gasteiger partial charge in [0.25, 0.3) is 0 Å². The van der Waals surface area contributed by atoms with Crippen molar-refractivity contribution in [3.8, 4) is 0 Å². The minimum atomic E-state index is -0.473. The number of nitrogens with one attached hydrogen (secondary N) is 3. The number of amides is 3. The maximum atomic E-state index is 12.5. The summed E-state index contributed by atoms with van der Waals surface area (Å²) in [6.07, 6.45) is 8.19. The molecule has 4 fully saturated rings. The number of carbonyl (C=O) groups is 2. The van der Waals surface area contributed by atoms with Crippen molar-refractivity contribution < 1.29 is 9.59 Å². The number of carbonyl (C=O) groups excluding carboxylic acids is 2. The standard InChI is InChI=1S/C22H31N3O2/c1-3-15-5-4-6-19(10-15)23-14(2)20(26)24-21(27)25-22-11-16-7-17(12-22)9-18(8-16)13-22/h4-6,10,14,16-18,23H,3,7-9,11-13H2,1-2H3,(H2,24,25,26,27)/t14-,16?,17?,18?,22?/m0/s1. The molecule has 1 atom stereocenters. The predicted molar refractivity (Wildman–Crippen MR) is 106 cm³/mol. The normalized spacial score (nSPS) is 32.0. The summed E-state index contributed by atoms with van der Waals surface area (Å²) < 4.78 is 0. The molecule has 0 radical (unpaired) electrons. The second-order valence-corrected chi connectivity index (χ2v) is 9.06. The number of aryl methyl sites for hydroxylation is 1. The van der Waals surface area contributed by atoms with Crippen molar-refractivity contribution in [1.82, 2.24) is 10.6 Å². The summed E-state index contributed by atoms with van der Waals surface area (Å²) in [5, 5.41) is 8.93. The first-order valence-corrected chi connectivity index (χ1v) is 10.4. The monoisotopic (exact) mass is 369 g/mol. The zero-order valence-corrected chi connectivity index (χ0v) is 16.4. The Balaban J connectivity index is 1.32. The van der Waals surface area contributed by atoms with E-state index in [1.807, 2.05) is 18.2 Å². The second-order valence-electron chi connectivity index (χ2n) is 9.06. The quantitative estimate of drug-likeness (QED) is 0.738. The first-order chi connectivity index (χ1) is 12.9. The van der Waals surface area contributed by atoms with Crippen LogP contribution in [0.3, 0.4) is 0 Å². The fourth-order valence-electron chi connectivity index (χ4n) is 5.95. The Bertz CT molecular complexity index is 695. The lowest BCUT2D eigenvalue weighted by atomic mass is 9.53. The lowest BCUT2D eigenvalue weighted by molar-refractivity contribution is -0.120. The molecular weight excluding hydrogens is 338 g/mol. The fraction of sp³-hybridized carbons (Fsp3) is 0.636. The van der Waals surface area contributed by atoms with Crippen LogP contribution in [0.15, 0.2) is 24.3 Å². The molecule has 3 amide bonds. The highest BCUT2D eigenvalue weighted by Gasteiger charge is 2.51. The van der Waals surface area contributed by atoms with Gasteiger partial charge in [0.1, 0.15) is 6.04 Å². The summed E-state index contributed by atoms with van der Waals surface area (Å²) in [7, 11) is 0. The van der Waals surface area contributed by atoms with E-state index in [0.29, 0.717) is 0 Å². The van der Waals surface area contributed by atoms with Gasteiger partial charge in [0, 0.05) is 11.2 Å². The van der Waals surface area contributed by atoms with E-state index in [9.17, 15) is 9.59 Å². The third kappa shape index (κ3) is 3.97. The number of rotatable bonds is 5. The first kappa shape index (κ1) is 18.3. The molecule has 3 N–H and O–H groups in total. The molecule has 0 unspecified atom stereocenters. The van der Waals surface area contributed by atoms with E-state index in [-0.39, 0.29) is 17.5 Å². The molecule has 27 heavy (non-hydrogen) atoms. The maximum Gasteiger partial charge on any atom is 0.321 e. The molecule has 1 aromatic rings. The number of benzene rings is 1. The number of imide groups is 1. The Hall–Kier alpha value is -2.04. The van der Waals surface area contributed by atoms with E-state index in [4.69, 9.17) is 0 Å². The predicted octanol–water partition coefficient (Wildman–Crippen LogP) is 3.84. The van der Waals surface area contributed by atoms with Gasteiger partial charge in [0.2, 0.25) is 5.91 Å². The molecule has 4 bridgehead atoms. The molecule has 4 aliphatic rings. The van der Waals surface area contributed by atoms with Gasteiger partial charge in [-0.2, -0.15) is 0 Å². The number of hydrogen-bond donors (Lipinski definition) is 3. The smallest absolute Gasteiger partial charge is 0.321 e. The van der Waals surface area contributed by atoms with Gasteiger partial charge in [-0.25, -0.2) is 4.79 Å². The van der Waals surface area contributed by atoms with Crippen LogP contribution in [0, 0.1) is 17.8 Å². The van der Waals surface area contributed by atoms with Crippen LogP contribution >= 0.6 is 0 Å². The van der Waals surface area contributed by atoms with Crippen LogP contribution in [0.25, 0.3) is 0 Å². The third-order valence-electron chi connectivity index (χ3n) is 6.77. The minimum Gasteiger partial charge on any atom is -0.374 e. The van der Waals surface area contributed by atoms with Gasteiger partial charge in [0.15, 0.2) is 0 Å². The van der Waals surface area contributed by atoms with E-state index in [1.165, 1.54) is 24.8 Å². The Morgan fingerprint density at radius 2 is 1.74 bits per heavy atom. The van der Waals surface area contributed by atoms with Crippen molar-refractivity contribution in [2.24, 2.45) is 17.8 Å². The Morgan fingerprint density at radius 3 is 2.33 bits per heavy atom. The molecule has 5 rings (SSSR count). The van der Waals surface area contributed by atoms with Crippen LogP contribution < -0.4 is 16.0 Å². The summed E-state index contributed by atoms with van der Waals surface area (Å²) in [5.74, 6) is 2.00. The highest BCUT2D eigenvalue weighted by atomic mass is 16.2. The summed E-state index contributed by atoms with van der Waals surface area (Å²) in [6, 6.07) is 7.22. The molecule has 0 aliphatic heterocycles. The van der Waals surface area contributed by atoms with E-state index < -0.39 is 6.04 Å². The molecule has 0 heterocycles. The molecule has 0 aromatic heterocycles. The lowest BCUT2D eigenvalue weighted by Gasteiger charge is -2.56. The van der Waals surface area contributed by atoms with Crippen molar-refractivity contribution in [3.63, 3.8) is 0 Å². The SMILES string of the molecule is CCc1cccc(N[C@@H](C)C(=O)NC(=O)NC23CC4CC(CC(C4)C2)C3)c1. The van der Waals surface area contributed by atoms with Crippen molar-refractivity contribution >= 4 is 17.6 Å². The average Bonchev–Trinajstić information content (AvgIpc) is 2.60. The fourth-order valence-corrected chi connectivity index (χ4v) is 5.95. The minimum absolute atomic E-state index is 0.0781. The molecule has 4 aliphatic carbocycles. The van der Waals surface area contributed by atoms with E-state index >= 15 is 0 Å². The van der Waals surface area contributed by atoms with E-state index in [1.54, 1.807) is 6.92 Å². The molecule has 4 saturated carbocycles. The van der Waals surface area contributed by atoms with Crippen LogP contribution in [-0.2, 0) is 11.2 Å². The van der Waals surface area contributed by atoms with Crippen LogP contribution in [0.4, 0.5) is 10.5 Å². The lowest BCUT2D eigenvalue weighted by Crippen LogP contribution is -2.62. The van der Waals surface area contributed by atoms with Crippen LogP contribution in [-0.4, -0.2) is 23.5 Å². The second kappa shape index (κ2) is 7.17. The van der Waals surface area contributed by atoms with Gasteiger partial charge in [-0.1, -0.05) is 19.1 Å². The highest BCUT2D eigenvalue weighted by molar-refractivity contribution is 5.98. The zero-order valence-electron chi connectivity index (χ0n) is 16.4. The van der Waals surface area contributed by atoms with Gasteiger partial charge < -0.3 is 10.6 Å². The first-order valence-electron chi connectivity index (χ1n) is 10.4. The molecule has 0 spiro atoms. The Morgan fingerprint density at radius 1 is 1.11 bits per heavy atom. The van der Waals surface area contributed by atoms with Crippen molar-refractivity contribution in [1.29, 1.82) is 0 Å². The van der Waals surface area contributed by atoms with Gasteiger partial charge in [-0.15, -0.1) is 0 Å². The largest absolute Gasteiger partial charge is 0.374 e. The van der Waals surface area contributed by atoms with Gasteiger partial charge in [-0.3, -0.25) is 10.1 Å². The van der Waals surface area contributed by atoms with Crippen molar-refractivity contribution in [3.05, 3.63) is 29.8 Å². The van der Waals surface area contributed by atoms with E-state index in [0.717, 1.165) is 49.1 Å². The summed E-state index contributed by atoms with van der Waals surface area (Å²) in [4.78, 5) is 25.0. The Labute approximate surface area is 161 Å². The Kier molecular flexibility index (Phi) is 4.87. The van der Waals surface area contributed by atoms with Gasteiger partial charge in [-0.05, 0) is 87.3 Å². The molecule has 5 nitrogen and oxygen atoms in total. The van der Waals surface area contributed by atoms with Crippen LogP contribution in [0.2, 0.25) is 0 Å². The number of anilines is 1. The molecular formula is C22H31N3O2. The molecule has 5 heteroatoms. The topological polar surface area (TPSA) is 70.2 Å². The maximum absolute atomic E-state index is 12.5. The van der Waals surface area contributed by atoms with Crippen LogP contribution in [0.1, 0.15) is 57.9 Å². The van der Waals surface area contributed by atoms with Gasteiger partial charge >= 0.3 is 6.03 Å². The summed E-state index contributed by atoms with van der Waals surface area (Å²) in [5.41, 5.74) is 2.04. The molecule has 146 valence electrons. The molecule has 0 saturated heterocycles. The van der Waals surface area contributed by atoms with Gasteiger partial charge in [0.05, 0.1) is 0 Å². The van der Waals surface area contributed by atoms with Crippen molar-refractivity contribution in [2.75, 3.05) is 5.32 Å². The summed E-state index contributed by atoms with van der Waals surface area (Å²) in [6.45, 7) is 3.88. The van der Waals surface area contributed by atoms with Crippen molar-refractivity contribution in [2.45, 2.75) is 70.4 Å². The van der Waals surface area contributed by atoms with Crippen LogP contribution in [0.5, 0.6) is 0 Å². The third-order valence-corrected chi connectivity index (χ3v) is 6.77. The van der Waals surface area contributed by atoms with E-state index in [2.05, 4.69) is 28.9 Å². The summed E-state index contributed by atoms with van der Waals surface area (Å²) >= 11 is 0. The number of urea groups is 1. The highest BCUT2D eigenvalue weighted by Crippen LogP contribution is 2.55. The average molecular weight is 370 g/mol. The molecule has 1 aromatic carbocycles.